The van der Waals surface area contributed by atoms with Gasteiger partial charge in [-0.1, -0.05) is 28.4 Å². The Balaban J connectivity index is 1.56. The van der Waals surface area contributed by atoms with Crippen molar-refractivity contribution in [2.45, 2.75) is 59.2 Å². The maximum atomic E-state index is 14.8. The summed E-state index contributed by atoms with van der Waals surface area (Å²) in [4.78, 5) is 20.8. The summed E-state index contributed by atoms with van der Waals surface area (Å²) in [5.41, 5.74) is 0.792. The van der Waals surface area contributed by atoms with E-state index in [-0.39, 0.29) is 46.8 Å². The van der Waals surface area contributed by atoms with E-state index < -0.39 is 17.4 Å². The minimum Gasteiger partial charge on any atom is -0.489 e. The highest BCUT2D eigenvalue weighted by Crippen LogP contribution is 2.32. The van der Waals surface area contributed by atoms with Crippen LogP contribution in [0, 0.1) is 5.82 Å². The Morgan fingerprint density at radius 3 is 2.58 bits per heavy atom. The molecule has 8 nitrogen and oxygen atoms in total. The minimum atomic E-state index is -0.607. The number of hydrogen-bond donors (Lipinski definition) is 0. The van der Waals surface area contributed by atoms with Gasteiger partial charge in [-0.3, -0.25) is 4.79 Å². The summed E-state index contributed by atoms with van der Waals surface area (Å²) in [5, 5.41) is 4.55. The van der Waals surface area contributed by atoms with Gasteiger partial charge in [0.2, 0.25) is 5.82 Å². The van der Waals surface area contributed by atoms with Crippen LogP contribution in [0.15, 0.2) is 35.1 Å². The second-order valence-corrected chi connectivity index (χ2v) is 10.3. The summed E-state index contributed by atoms with van der Waals surface area (Å²) < 4.78 is 32.8. The third-order valence-electron chi connectivity index (χ3n) is 4.89. The normalized spacial score (nSPS) is 11.9. The number of hydrogen-bond acceptors (Lipinski definition) is 7. The number of aryl methyl sites for hydroxylation is 1. The number of esters is 1. The van der Waals surface area contributed by atoms with E-state index in [1.165, 1.54) is 12.1 Å². The monoisotopic (exact) mass is 534 g/mol. The number of ether oxygens (including phenoxy) is 2. The first-order valence-electron chi connectivity index (χ1n) is 11.3. The maximum Gasteiger partial charge on any atom is 0.306 e. The molecule has 0 aliphatic heterocycles. The molecule has 190 valence electrons. The van der Waals surface area contributed by atoms with Crippen molar-refractivity contribution in [1.29, 1.82) is 0 Å². The van der Waals surface area contributed by atoms with E-state index in [9.17, 15) is 9.18 Å². The maximum absolute atomic E-state index is 14.8. The fourth-order valence-electron chi connectivity index (χ4n) is 3.49. The van der Waals surface area contributed by atoms with Crippen molar-refractivity contribution >= 4 is 34.8 Å². The molecular weight excluding hydrogens is 510 g/mol. The second-order valence-electron chi connectivity index (χ2n) is 9.48. The zero-order valence-corrected chi connectivity index (χ0v) is 21.9. The molecule has 0 spiro atoms. The van der Waals surface area contributed by atoms with Crippen LogP contribution in [0.2, 0.25) is 10.0 Å². The quantitative estimate of drug-likeness (QED) is 0.248. The van der Waals surface area contributed by atoms with E-state index in [2.05, 4.69) is 15.1 Å². The van der Waals surface area contributed by atoms with Crippen LogP contribution in [0.25, 0.3) is 28.6 Å². The van der Waals surface area contributed by atoms with Gasteiger partial charge in [0.15, 0.2) is 5.65 Å². The molecule has 0 bridgehead atoms. The molecule has 3 heterocycles. The van der Waals surface area contributed by atoms with Crippen molar-refractivity contribution in [1.82, 2.24) is 19.5 Å². The number of fused-ring (bicyclic) bond motifs is 1. The van der Waals surface area contributed by atoms with E-state index in [0.29, 0.717) is 22.1 Å². The molecule has 3 aromatic heterocycles. The number of aromatic nitrogens is 4. The molecule has 0 fully saturated rings. The third kappa shape index (κ3) is 5.96. The van der Waals surface area contributed by atoms with Crippen LogP contribution in [-0.2, 0) is 16.0 Å². The zero-order chi connectivity index (χ0) is 26.2. The van der Waals surface area contributed by atoms with Gasteiger partial charge in [-0.05, 0) is 58.7 Å². The number of imidazole rings is 1. The number of pyridine rings is 1. The van der Waals surface area contributed by atoms with Crippen LogP contribution in [-0.4, -0.2) is 37.2 Å². The SMILES string of the molecule is CC(C)Oc1cc(Cl)c2nc(-c3nc(-c4cc(F)c(CCC(=O)OC(C)(C)C)cc4Cl)no3)cn2c1. The summed E-state index contributed by atoms with van der Waals surface area (Å²) >= 11 is 12.8. The highest BCUT2D eigenvalue weighted by Gasteiger charge is 2.21. The minimum absolute atomic E-state index is 0.0196. The van der Waals surface area contributed by atoms with Crippen LogP contribution < -0.4 is 4.74 Å². The second kappa shape index (κ2) is 10.1. The molecule has 0 radical (unpaired) electrons. The predicted octanol–water partition coefficient (Wildman–Crippen LogP) is 6.56. The van der Waals surface area contributed by atoms with E-state index >= 15 is 0 Å². The van der Waals surface area contributed by atoms with Gasteiger partial charge in [-0.2, -0.15) is 4.98 Å². The van der Waals surface area contributed by atoms with Crippen LogP contribution >= 0.6 is 23.2 Å². The number of carbonyl (C=O) groups excluding carboxylic acids is 1. The molecule has 0 N–H and O–H groups in total. The fraction of sp³-hybridized carbons (Fsp3) is 0.360. The summed E-state index contributed by atoms with van der Waals surface area (Å²) in [5.74, 6) is -0.158. The average Bonchev–Trinajstić information content (AvgIpc) is 3.40. The van der Waals surface area contributed by atoms with Gasteiger partial charge in [-0.25, -0.2) is 9.37 Å². The largest absolute Gasteiger partial charge is 0.489 e. The van der Waals surface area contributed by atoms with Gasteiger partial charge in [-0.15, -0.1) is 0 Å². The van der Waals surface area contributed by atoms with E-state index in [1.807, 2.05) is 13.8 Å². The van der Waals surface area contributed by atoms with Gasteiger partial charge in [0, 0.05) is 24.2 Å². The zero-order valence-electron chi connectivity index (χ0n) is 20.4. The first-order valence-corrected chi connectivity index (χ1v) is 12.0. The van der Waals surface area contributed by atoms with Gasteiger partial charge in [0.25, 0.3) is 5.89 Å². The molecule has 1 aromatic carbocycles. The van der Waals surface area contributed by atoms with Crippen LogP contribution in [0.4, 0.5) is 4.39 Å². The lowest BCUT2D eigenvalue weighted by Gasteiger charge is -2.19. The highest BCUT2D eigenvalue weighted by molar-refractivity contribution is 6.33. The number of halogens is 3. The summed E-state index contributed by atoms with van der Waals surface area (Å²) in [6.45, 7) is 9.15. The standard InChI is InChI=1S/C25H25Cl2FN4O4/c1-13(2)34-15-9-18(27)23-29-20(12-32(23)11-15)24-30-22(31-36-24)16-10-19(28)14(8-17(16)26)6-7-21(33)35-25(3,4)5/h8-13H,6-7H2,1-5H3. The van der Waals surface area contributed by atoms with Crippen LogP contribution in [0.3, 0.4) is 0 Å². The first-order chi connectivity index (χ1) is 16.9. The molecule has 0 unspecified atom stereocenters. The Kier molecular flexibility index (Phi) is 7.24. The number of nitrogens with zero attached hydrogens (tertiary/aromatic N) is 4. The van der Waals surface area contributed by atoms with Gasteiger partial charge in [0.05, 0.1) is 22.3 Å². The Morgan fingerprint density at radius 2 is 1.89 bits per heavy atom. The van der Waals surface area contributed by atoms with Gasteiger partial charge in [0.1, 0.15) is 22.9 Å². The highest BCUT2D eigenvalue weighted by atomic mass is 35.5. The number of rotatable bonds is 7. The molecule has 4 aromatic rings. The van der Waals surface area contributed by atoms with Crippen molar-refractivity contribution in [2.24, 2.45) is 0 Å². The Hall–Kier alpha value is -3.17. The smallest absolute Gasteiger partial charge is 0.306 e. The van der Waals surface area contributed by atoms with Gasteiger partial charge < -0.3 is 18.4 Å². The summed E-state index contributed by atoms with van der Waals surface area (Å²) in [6.07, 6.45) is 3.57. The lowest BCUT2D eigenvalue weighted by atomic mass is 10.1. The molecule has 0 saturated carbocycles. The lowest BCUT2D eigenvalue weighted by molar-refractivity contribution is -0.154. The van der Waals surface area contributed by atoms with Crippen LogP contribution in [0.5, 0.6) is 5.75 Å². The average molecular weight is 535 g/mol. The van der Waals surface area contributed by atoms with E-state index in [0.717, 1.165) is 0 Å². The Labute approximate surface area is 217 Å². The molecule has 36 heavy (non-hydrogen) atoms. The van der Waals surface area contributed by atoms with Gasteiger partial charge >= 0.3 is 5.97 Å². The molecule has 0 aliphatic carbocycles. The molecule has 0 amide bonds. The van der Waals surface area contributed by atoms with E-state index in [1.54, 1.807) is 43.6 Å². The third-order valence-corrected chi connectivity index (χ3v) is 5.48. The molecule has 4 rings (SSSR count). The van der Waals surface area contributed by atoms with Crippen molar-refractivity contribution < 1.29 is 23.2 Å². The molecule has 0 aliphatic rings. The lowest BCUT2D eigenvalue weighted by Crippen LogP contribution is -2.24. The van der Waals surface area contributed by atoms with Crippen LogP contribution in [0.1, 0.15) is 46.6 Å². The Bertz CT molecular complexity index is 1430. The number of benzene rings is 1. The molecular formula is C25H25Cl2FN4O4. The first kappa shape index (κ1) is 25.9. The summed E-state index contributed by atoms with van der Waals surface area (Å²) in [7, 11) is 0. The van der Waals surface area contributed by atoms with Crippen molar-refractivity contribution in [3.05, 3.63) is 52.0 Å². The number of carbonyl (C=O) groups is 1. The Morgan fingerprint density at radius 1 is 1.14 bits per heavy atom. The molecule has 0 saturated heterocycles. The predicted molar refractivity (Wildman–Crippen MR) is 134 cm³/mol. The van der Waals surface area contributed by atoms with Crippen molar-refractivity contribution in [3.63, 3.8) is 0 Å². The fourth-order valence-corrected chi connectivity index (χ4v) is 4.01. The topological polar surface area (TPSA) is 91.8 Å². The molecule has 0 atom stereocenters. The summed E-state index contributed by atoms with van der Waals surface area (Å²) in [6, 6.07) is 4.35. The molecule has 11 heteroatoms. The van der Waals surface area contributed by atoms with Crippen molar-refractivity contribution in [2.75, 3.05) is 0 Å². The van der Waals surface area contributed by atoms with E-state index in [4.69, 9.17) is 37.2 Å². The van der Waals surface area contributed by atoms with Crippen molar-refractivity contribution in [3.8, 4) is 28.7 Å².